The number of hydrogen-bond donors (Lipinski definition) is 1. The quantitative estimate of drug-likeness (QED) is 0.249. The first-order valence-corrected chi connectivity index (χ1v) is 12.8. The molecule has 0 radical (unpaired) electrons. The molecule has 5 rings (SSSR count). The Morgan fingerprint density at radius 3 is 2.67 bits per heavy atom. The molecule has 13 heteroatoms. The van der Waals surface area contributed by atoms with Gasteiger partial charge in [-0.15, -0.1) is 11.3 Å². The Morgan fingerprint density at radius 1 is 1.20 bits per heavy atom. The van der Waals surface area contributed by atoms with Crippen LogP contribution in [0.15, 0.2) is 52.8 Å². The van der Waals surface area contributed by atoms with Gasteiger partial charge in [0.2, 0.25) is 0 Å². The molecule has 202 valence electrons. The minimum Gasteiger partial charge on any atom is -0.491 e. The number of pyridine rings is 1. The van der Waals surface area contributed by atoms with E-state index in [1.165, 1.54) is 29.8 Å². The van der Waals surface area contributed by atoms with E-state index in [2.05, 4.69) is 9.97 Å². The van der Waals surface area contributed by atoms with E-state index in [0.717, 1.165) is 16.7 Å². The molecule has 0 fully saturated rings. The van der Waals surface area contributed by atoms with Gasteiger partial charge in [0, 0.05) is 27.7 Å². The predicted octanol–water partition coefficient (Wildman–Crippen LogP) is 6.30. The Kier molecular flexibility index (Phi) is 6.95. The zero-order valence-corrected chi connectivity index (χ0v) is 22.0. The number of thiophene rings is 1. The zero-order valence-electron chi connectivity index (χ0n) is 20.4. The van der Waals surface area contributed by atoms with Crippen LogP contribution in [0.2, 0.25) is 5.02 Å². The third-order valence-electron chi connectivity index (χ3n) is 6.22. The number of carboxylic acid groups (broad SMARTS) is 1. The van der Waals surface area contributed by atoms with Gasteiger partial charge in [-0.3, -0.25) is 14.3 Å². The molecule has 0 bridgehead atoms. The van der Waals surface area contributed by atoms with E-state index in [0.29, 0.717) is 32.1 Å². The van der Waals surface area contributed by atoms with Gasteiger partial charge in [-0.2, -0.15) is 18.4 Å². The van der Waals surface area contributed by atoms with Gasteiger partial charge in [0.25, 0.3) is 5.56 Å². The van der Waals surface area contributed by atoms with Crippen molar-refractivity contribution in [3.05, 3.63) is 85.9 Å². The largest absolute Gasteiger partial charge is 0.491 e. The molecule has 1 N–H and O–H groups in total. The molecule has 0 aliphatic carbocycles. The average molecular weight is 585 g/mol. The SMILES string of the molecule is Cc1nc2c(C(F)(F)F)ccc(C#N)c2c(=O)n1CCOc1ccc(Cl)cc1-c1ccnc2c(C(=O)O)csc12. The highest BCUT2D eigenvalue weighted by Crippen LogP contribution is 2.40. The summed E-state index contributed by atoms with van der Waals surface area (Å²) in [5.41, 5.74) is -1.11. The summed E-state index contributed by atoms with van der Waals surface area (Å²) in [4.78, 5) is 33.1. The minimum atomic E-state index is -4.76. The van der Waals surface area contributed by atoms with Crippen molar-refractivity contribution >= 4 is 50.0 Å². The lowest BCUT2D eigenvalue weighted by atomic mass is 10.0. The first-order valence-electron chi connectivity index (χ1n) is 11.5. The van der Waals surface area contributed by atoms with E-state index in [1.807, 2.05) is 0 Å². The van der Waals surface area contributed by atoms with Crippen LogP contribution in [-0.2, 0) is 12.7 Å². The number of nitriles is 1. The predicted molar refractivity (Wildman–Crippen MR) is 143 cm³/mol. The highest BCUT2D eigenvalue weighted by atomic mass is 35.5. The zero-order chi connectivity index (χ0) is 28.8. The van der Waals surface area contributed by atoms with E-state index in [9.17, 15) is 33.1 Å². The molecule has 0 spiro atoms. The lowest BCUT2D eigenvalue weighted by Crippen LogP contribution is -2.28. The topological polar surface area (TPSA) is 118 Å². The van der Waals surface area contributed by atoms with Crippen molar-refractivity contribution in [3.63, 3.8) is 0 Å². The summed E-state index contributed by atoms with van der Waals surface area (Å²) in [5, 5.41) is 20.4. The number of ether oxygens (including phenoxy) is 1. The van der Waals surface area contributed by atoms with Crippen molar-refractivity contribution in [2.75, 3.05) is 6.61 Å². The molecule has 3 heterocycles. The molecule has 8 nitrogen and oxygen atoms in total. The maximum Gasteiger partial charge on any atom is 0.418 e. The molecule has 0 aliphatic heterocycles. The van der Waals surface area contributed by atoms with Crippen LogP contribution < -0.4 is 10.3 Å². The number of aryl methyl sites for hydroxylation is 1. The van der Waals surface area contributed by atoms with Crippen molar-refractivity contribution in [2.45, 2.75) is 19.6 Å². The Balaban J connectivity index is 1.51. The number of hydrogen-bond acceptors (Lipinski definition) is 7. The lowest BCUT2D eigenvalue weighted by Gasteiger charge is -2.16. The molecular weight excluding hydrogens is 569 g/mol. The standard InChI is InChI=1S/C27H16ClF3N4O4S/c1-13-34-23-19(27(29,30)31)4-2-14(11-32)21(23)25(36)35(13)8-9-39-20-5-3-15(28)10-17(20)16-6-7-33-22-18(26(37)38)12-40-24(16)22/h2-7,10,12H,8-9H2,1H3,(H,37,38). The molecule has 0 saturated carbocycles. The van der Waals surface area contributed by atoms with E-state index >= 15 is 0 Å². The average Bonchev–Trinajstić information content (AvgIpc) is 3.34. The smallest absolute Gasteiger partial charge is 0.418 e. The number of alkyl halides is 3. The van der Waals surface area contributed by atoms with Crippen molar-refractivity contribution < 1.29 is 27.8 Å². The number of aromatic nitrogens is 3. The number of carbonyl (C=O) groups is 1. The fourth-order valence-electron chi connectivity index (χ4n) is 4.40. The van der Waals surface area contributed by atoms with Crippen LogP contribution >= 0.6 is 22.9 Å². The van der Waals surface area contributed by atoms with Gasteiger partial charge in [-0.25, -0.2) is 9.78 Å². The Labute approximate surface area is 232 Å². The van der Waals surface area contributed by atoms with Crippen LogP contribution in [0.5, 0.6) is 5.75 Å². The van der Waals surface area contributed by atoms with Gasteiger partial charge in [0.1, 0.15) is 24.3 Å². The third-order valence-corrected chi connectivity index (χ3v) is 7.45. The Hall–Kier alpha value is -4.47. The molecule has 3 aromatic heterocycles. The fourth-order valence-corrected chi connectivity index (χ4v) is 5.59. The number of carboxylic acids is 1. The van der Waals surface area contributed by atoms with Gasteiger partial charge < -0.3 is 9.84 Å². The fraction of sp³-hybridized carbons (Fsp3) is 0.148. The van der Waals surface area contributed by atoms with Gasteiger partial charge in [-0.1, -0.05) is 11.6 Å². The van der Waals surface area contributed by atoms with Crippen molar-refractivity contribution in [3.8, 4) is 22.9 Å². The highest BCUT2D eigenvalue weighted by molar-refractivity contribution is 7.18. The summed E-state index contributed by atoms with van der Waals surface area (Å²) in [6, 6.07) is 10.0. The molecule has 0 aliphatic rings. The van der Waals surface area contributed by atoms with Gasteiger partial charge in [0.15, 0.2) is 0 Å². The van der Waals surface area contributed by atoms with Crippen LogP contribution in [0.4, 0.5) is 13.2 Å². The lowest BCUT2D eigenvalue weighted by molar-refractivity contribution is -0.136. The molecule has 0 unspecified atom stereocenters. The summed E-state index contributed by atoms with van der Waals surface area (Å²) in [6.45, 7) is 1.24. The second-order valence-electron chi connectivity index (χ2n) is 8.59. The third kappa shape index (κ3) is 4.74. The number of benzene rings is 2. The molecular formula is C27H16ClF3N4O4S. The second-order valence-corrected chi connectivity index (χ2v) is 9.91. The maximum atomic E-state index is 13.6. The van der Waals surface area contributed by atoms with Crippen molar-refractivity contribution in [1.29, 1.82) is 5.26 Å². The van der Waals surface area contributed by atoms with Crippen LogP contribution in [0, 0.1) is 18.3 Å². The first-order chi connectivity index (χ1) is 19.0. The monoisotopic (exact) mass is 584 g/mol. The Bertz CT molecular complexity index is 1930. The van der Waals surface area contributed by atoms with Crippen LogP contribution in [-0.4, -0.2) is 32.2 Å². The maximum absolute atomic E-state index is 13.6. The number of aromatic carboxylic acids is 1. The highest BCUT2D eigenvalue weighted by Gasteiger charge is 2.34. The van der Waals surface area contributed by atoms with Crippen molar-refractivity contribution in [1.82, 2.24) is 14.5 Å². The normalized spacial score (nSPS) is 11.6. The number of halogens is 4. The van der Waals surface area contributed by atoms with E-state index in [1.54, 1.807) is 30.3 Å². The van der Waals surface area contributed by atoms with Gasteiger partial charge in [0.05, 0.1) is 44.4 Å². The summed E-state index contributed by atoms with van der Waals surface area (Å²) in [5.74, 6) is -0.711. The molecule has 40 heavy (non-hydrogen) atoms. The van der Waals surface area contributed by atoms with E-state index in [-0.39, 0.29) is 30.1 Å². The number of nitrogens with zero attached hydrogens (tertiary/aromatic N) is 4. The minimum absolute atomic E-state index is 0.0219. The van der Waals surface area contributed by atoms with Crippen LogP contribution in [0.1, 0.15) is 27.3 Å². The number of fused-ring (bicyclic) bond motifs is 2. The Morgan fingerprint density at radius 2 is 1.98 bits per heavy atom. The second kappa shape index (κ2) is 10.3. The molecule has 0 atom stereocenters. The summed E-state index contributed by atoms with van der Waals surface area (Å²) >= 11 is 7.46. The summed E-state index contributed by atoms with van der Waals surface area (Å²) < 4.78 is 48.4. The molecule has 0 saturated heterocycles. The molecule has 5 aromatic rings. The number of rotatable bonds is 6. The molecule has 2 aromatic carbocycles. The van der Waals surface area contributed by atoms with Crippen molar-refractivity contribution in [2.24, 2.45) is 0 Å². The van der Waals surface area contributed by atoms with Crippen LogP contribution in [0.25, 0.3) is 32.2 Å². The van der Waals surface area contributed by atoms with Gasteiger partial charge >= 0.3 is 12.1 Å². The first kappa shape index (κ1) is 27.1. The van der Waals surface area contributed by atoms with Gasteiger partial charge in [-0.05, 0) is 43.3 Å². The summed E-state index contributed by atoms with van der Waals surface area (Å²) in [6.07, 6.45) is -3.28. The van der Waals surface area contributed by atoms with E-state index < -0.39 is 34.2 Å². The van der Waals surface area contributed by atoms with Crippen LogP contribution in [0.3, 0.4) is 0 Å². The van der Waals surface area contributed by atoms with E-state index in [4.69, 9.17) is 16.3 Å². The molecule has 0 amide bonds. The summed E-state index contributed by atoms with van der Waals surface area (Å²) in [7, 11) is 0.